The highest BCUT2D eigenvalue weighted by molar-refractivity contribution is 7.98. The minimum Gasteiger partial charge on any atom is -0.316 e. The highest BCUT2D eigenvalue weighted by Crippen LogP contribution is 2.37. The molecule has 1 heterocycles. The van der Waals surface area contributed by atoms with Gasteiger partial charge in [0.25, 0.3) is 0 Å². The zero-order valence-electron chi connectivity index (χ0n) is 11.9. The molecule has 1 aliphatic heterocycles. The van der Waals surface area contributed by atoms with E-state index in [-0.39, 0.29) is 0 Å². The van der Waals surface area contributed by atoms with Crippen LogP contribution in [-0.2, 0) is 0 Å². The molecular formula is C18H21NS. The quantitative estimate of drug-likeness (QED) is 0.844. The molecule has 1 N–H and O–H groups in total. The number of benzene rings is 2. The van der Waals surface area contributed by atoms with Crippen molar-refractivity contribution in [3.05, 3.63) is 65.7 Å². The molecule has 2 unspecified atom stereocenters. The Bertz CT molecular complexity index is 535. The van der Waals surface area contributed by atoms with E-state index in [0.717, 1.165) is 13.1 Å². The summed E-state index contributed by atoms with van der Waals surface area (Å²) in [5.74, 6) is 1.22. The van der Waals surface area contributed by atoms with Crippen molar-refractivity contribution in [2.45, 2.75) is 23.2 Å². The summed E-state index contributed by atoms with van der Waals surface area (Å²) in [5.41, 5.74) is 2.94. The van der Waals surface area contributed by atoms with E-state index in [1.54, 1.807) is 0 Å². The Labute approximate surface area is 125 Å². The van der Waals surface area contributed by atoms with Crippen molar-refractivity contribution in [2.24, 2.45) is 0 Å². The lowest BCUT2D eigenvalue weighted by atomic mass is 9.77. The second-order valence-electron chi connectivity index (χ2n) is 5.39. The maximum Gasteiger partial charge on any atom is 0.00693 e. The van der Waals surface area contributed by atoms with E-state index in [4.69, 9.17) is 0 Å². The number of thioether (sulfide) groups is 1. The summed E-state index contributed by atoms with van der Waals surface area (Å²) in [5, 5.41) is 3.55. The third-order valence-corrected chi connectivity index (χ3v) is 5.00. The van der Waals surface area contributed by atoms with Crippen molar-refractivity contribution in [1.82, 2.24) is 5.32 Å². The van der Waals surface area contributed by atoms with Gasteiger partial charge in [-0.3, -0.25) is 0 Å². The van der Waals surface area contributed by atoms with Crippen LogP contribution in [0.15, 0.2) is 59.5 Å². The topological polar surface area (TPSA) is 12.0 Å². The molecular weight excluding hydrogens is 262 g/mol. The number of hydrogen-bond donors (Lipinski definition) is 1. The van der Waals surface area contributed by atoms with Crippen LogP contribution >= 0.6 is 11.8 Å². The minimum atomic E-state index is 0.588. The summed E-state index contributed by atoms with van der Waals surface area (Å²) in [6.07, 6.45) is 3.35. The first kappa shape index (κ1) is 13.7. The van der Waals surface area contributed by atoms with Crippen LogP contribution < -0.4 is 5.32 Å². The van der Waals surface area contributed by atoms with Crippen molar-refractivity contribution < 1.29 is 0 Å². The van der Waals surface area contributed by atoms with E-state index in [9.17, 15) is 0 Å². The van der Waals surface area contributed by atoms with Gasteiger partial charge in [-0.2, -0.15) is 0 Å². The maximum absolute atomic E-state index is 3.55. The van der Waals surface area contributed by atoms with E-state index in [0.29, 0.717) is 11.8 Å². The highest BCUT2D eigenvalue weighted by Gasteiger charge is 2.27. The molecule has 0 aromatic heterocycles. The van der Waals surface area contributed by atoms with Crippen LogP contribution in [0.3, 0.4) is 0 Å². The monoisotopic (exact) mass is 283 g/mol. The first-order valence-corrected chi connectivity index (χ1v) is 8.50. The molecule has 1 nitrogen and oxygen atoms in total. The van der Waals surface area contributed by atoms with Gasteiger partial charge >= 0.3 is 0 Å². The zero-order valence-corrected chi connectivity index (χ0v) is 12.7. The largest absolute Gasteiger partial charge is 0.316 e. The van der Waals surface area contributed by atoms with Crippen molar-refractivity contribution in [2.75, 3.05) is 19.3 Å². The molecule has 0 amide bonds. The molecule has 0 spiro atoms. The van der Waals surface area contributed by atoms with Crippen molar-refractivity contribution >= 4 is 11.8 Å². The smallest absolute Gasteiger partial charge is 0.00693 e. The second kappa shape index (κ2) is 6.47. The fraction of sp³-hybridized carbons (Fsp3) is 0.333. The van der Waals surface area contributed by atoms with Crippen LogP contribution in [0.5, 0.6) is 0 Å². The lowest BCUT2D eigenvalue weighted by Crippen LogP contribution is -2.33. The van der Waals surface area contributed by atoms with E-state index >= 15 is 0 Å². The van der Waals surface area contributed by atoms with Crippen molar-refractivity contribution in [3.63, 3.8) is 0 Å². The molecule has 0 aliphatic carbocycles. The van der Waals surface area contributed by atoms with E-state index in [1.165, 1.54) is 22.4 Å². The van der Waals surface area contributed by atoms with Gasteiger partial charge in [0.15, 0.2) is 0 Å². The summed E-state index contributed by atoms with van der Waals surface area (Å²) in [6.45, 7) is 2.21. The molecule has 2 heteroatoms. The third-order valence-electron chi connectivity index (χ3n) is 4.25. The van der Waals surface area contributed by atoms with E-state index in [2.05, 4.69) is 66.2 Å². The molecule has 3 rings (SSSR count). The second-order valence-corrected chi connectivity index (χ2v) is 6.27. The highest BCUT2D eigenvalue weighted by atomic mass is 32.2. The van der Waals surface area contributed by atoms with Gasteiger partial charge in [-0.1, -0.05) is 42.5 Å². The molecule has 2 aromatic carbocycles. The first-order valence-electron chi connectivity index (χ1n) is 7.28. The zero-order chi connectivity index (χ0) is 13.8. The predicted molar refractivity (Wildman–Crippen MR) is 87.6 cm³/mol. The molecule has 104 valence electrons. The van der Waals surface area contributed by atoms with Crippen LogP contribution in [0, 0.1) is 0 Å². The molecule has 0 radical (unpaired) electrons. The molecule has 0 saturated carbocycles. The maximum atomic E-state index is 3.55. The molecule has 1 aliphatic rings. The summed E-state index contributed by atoms with van der Waals surface area (Å²) >= 11 is 1.81. The average molecular weight is 283 g/mol. The SMILES string of the molecule is CSc1ccc(C2CCNCC2c2ccccc2)cc1. The van der Waals surface area contributed by atoms with Gasteiger partial charge in [-0.05, 0) is 48.4 Å². The standard InChI is InChI=1S/C18H21NS/c1-20-16-9-7-15(8-10-16)17-11-12-19-13-18(17)14-5-3-2-4-6-14/h2-10,17-19H,11-13H2,1H3. The van der Waals surface area contributed by atoms with Gasteiger partial charge in [-0.25, -0.2) is 0 Å². The van der Waals surface area contributed by atoms with Crippen LogP contribution in [0.2, 0.25) is 0 Å². The van der Waals surface area contributed by atoms with Gasteiger partial charge in [0.2, 0.25) is 0 Å². The third kappa shape index (κ3) is 2.92. The van der Waals surface area contributed by atoms with Gasteiger partial charge in [0.1, 0.15) is 0 Å². The summed E-state index contributed by atoms with van der Waals surface area (Å²) in [7, 11) is 0. The number of hydrogen-bond acceptors (Lipinski definition) is 2. The first-order chi connectivity index (χ1) is 9.88. The Kier molecular flexibility index (Phi) is 4.44. The summed E-state index contributed by atoms with van der Waals surface area (Å²) in [4.78, 5) is 1.35. The fourth-order valence-electron chi connectivity index (χ4n) is 3.16. The normalized spacial score (nSPS) is 22.6. The minimum absolute atomic E-state index is 0.588. The van der Waals surface area contributed by atoms with E-state index in [1.807, 2.05) is 11.8 Å². The number of piperidine rings is 1. The van der Waals surface area contributed by atoms with Gasteiger partial charge in [0.05, 0.1) is 0 Å². The Morgan fingerprint density at radius 3 is 2.30 bits per heavy atom. The molecule has 1 saturated heterocycles. The van der Waals surface area contributed by atoms with Crippen molar-refractivity contribution in [1.29, 1.82) is 0 Å². The molecule has 2 atom stereocenters. The van der Waals surface area contributed by atoms with Gasteiger partial charge in [-0.15, -0.1) is 11.8 Å². The predicted octanol–water partition coefficient (Wildman–Crippen LogP) is 4.27. The van der Waals surface area contributed by atoms with Gasteiger partial charge < -0.3 is 5.32 Å². The summed E-state index contributed by atoms with van der Waals surface area (Å²) < 4.78 is 0. The Morgan fingerprint density at radius 2 is 1.60 bits per heavy atom. The molecule has 20 heavy (non-hydrogen) atoms. The van der Waals surface area contributed by atoms with E-state index < -0.39 is 0 Å². The number of rotatable bonds is 3. The van der Waals surface area contributed by atoms with Crippen molar-refractivity contribution in [3.8, 4) is 0 Å². The molecule has 0 bridgehead atoms. The Morgan fingerprint density at radius 1 is 0.900 bits per heavy atom. The Balaban J connectivity index is 1.88. The number of nitrogens with one attached hydrogen (secondary N) is 1. The average Bonchev–Trinajstić information content (AvgIpc) is 2.56. The fourth-order valence-corrected chi connectivity index (χ4v) is 3.57. The molecule has 2 aromatic rings. The van der Waals surface area contributed by atoms with Crippen LogP contribution in [0.4, 0.5) is 0 Å². The lowest BCUT2D eigenvalue weighted by molar-refractivity contribution is 0.404. The lowest BCUT2D eigenvalue weighted by Gasteiger charge is -2.33. The molecule has 1 fully saturated rings. The van der Waals surface area contributed by atoms with Crippen LogP contribution in [0.25, 0.3) is 0 Å². The Hall–Kier alpha value is -1.25. The van der Waals surface area contributed by atoms with Crippen LogP contribution in [0.1, 0.15) is 29.4 Å². The summed E-state index contributed by atoms with van der Waals surface area (Å²) in [6, 6.07) is 20.1. The van der Waals surface area contributed by atoms with Gasteiger partial charge in [0, 0.05) is 17.4 Å². The van der Waals surface area contributed by atoms with Crippen LogP contribution in [-0.4, -0.2) is 19.3 Å².